The molecule has 1 aliphatic rings. The molecule has 2 atom stereocenters. The number of hydrogen-bond donors (Lipinski definition) is 1. The summed E-state index contributed by atoms with van der Waals surface area (Å²) in [6.07, 6.45) is 5.38. The van der Waals surface area contributed by atoms with Crippen LogP contribution in [-0.2, 0) is 17.8 Å². The summed E-state index contributed by atoms with van der Waals surface area (Å²) in [4.78, 5) is 16.5. The van der Waals surface area contributed by atoms with E-state index in [9.17, 15) is 4.79 Å². The lowest BCUT2D eigenvalue weighted by Gasteiger charge is -2.25. The lowest BCUT2D eigenvalue weighted by molar-refractivity contribution is -0.126. The minimum absolute atomic E-state index is 0.0514. The average Bonchev–Trinajstić information content (AvgIpc) is 2.95. The van der Waals surface area contributed by atoms with Gasteiger partial charge in [-0.1, -0.05) is 30.3 Å². The molecule has 0 radical (unpaired) electrons. The number of aryl methyl sites for hydroxylation is 1. The van der Waals surface area contributed by atoms with Crippen molar-refractivity contribution in [3.8, 4) is 0 Å². The molecule has 1 aliphatic heterocycles. The van der Waals surface area contributed by atoms with Crippen LogP contribution in [0.2, 0.25) is 0 Å². The molecule has 104 valence electrons. The number of fused-ring (bicyclic) bond motifs is 1. The summed E-state index contributed by atoms with van der Waals surface area (Å²) in [6, 6.07) is 10.1. The van der Waals surface area contributed by atoms with Crippen molar-refractivity contribution in [3.05, 3.63) is 54.1 Å². The lowest BCUT2D eigenvalue weighted by atomic mass is 9.94. The molecule has 0 saturated heterocycles. The molecule has 0 saturated carbocycles. The van der Waals surface area contributed by atoms with E-state index in [0.717, 1.165) is 30.6 Å². The van der Waals surface area contributed by atoms with E-state index < -0.39 is 0 Å². The first kappa shape index (κ1) is 12.9. The molecule has 2 unspecified atom stereocenters. The van der Waals surface area contributed by atoms with Gasteiger partial charge < -0.3 is 9.88 Å². The van der Waals surface area contributed by atoms with E-state index in [2.05, 4.69) is 14.9 Å². The van der Waals surface area contributed by atoms with Gasteiger partial charge in [0.1, 0.15) is 0 Å². The summed E-state index contributed by atoms with van der Waals surface area (Å²) in [5.74, 6) is 0.208. The second kappa shape index (κ2) is 5.49. The lowest BCUT2D eigenvalue weighted by Crippen LogP contribution is -2.36. The molecule has 20 heavy (non-hydrogen) atoms. The molecule has 1 aromatic heterocycles. The molecule has 3 rings (SSSR count). The van der Waals surface area contributed by atoms with Gasteiger partial charge in [-0.25, -0.2) is 4.98 Å². The highest BCUT2D eigenvalue weighted by atomic mass is 16.1. The number of benzene rings is 1. The molecule has 0 fully saturated rings. The normalized spacial score (nSPS) is 19.1. The number of nitrogens with one attached hydrogen (secondary N) is 1. The van der Waals surface area contributed by atoms with Gasteiger partial charge in [0.15, 0.2) is 0 Å². The second-order valence-electron chi connectivity index (χ2n) is 5.41. The van der Waals surface area contributed by atoms with Crippen molar-refractivity contribution >= 4 is 5.91 Å². The van der Waals surface area contributed by atoms with Crippen LogP contribution in [0.3, 0.4) is 0 Å². The van der Waals surface area contributed by atoms with Crippen LogP contribution in [-0.4, -0.2) is 15.5 Å². The van der Waals surface area contributed by atoms with E-state index in [0.29, 0.717) is 0 Å². The third-order valence-electron chi connectivity index (χ3n) is 4.00. The molecule has 0 spiro atoms. The van der Waals surface area contributed by atoms with Crippen LogP contribution in [0.15, 0.2) is 42.9 Å². The number of hydrogen-bond acceptors (Lipinski definition) is 2. The van der Waals surface area contributed by atoms with Crippen molar-refractivity contribution in [2.45, 2.75) is 32.4 Å². The number of rotatable bonds is 3. The van der Waals surface area contributed by atoms with Crippen LogP contribution in [0.1, 0.15) is 30.6 Å². The van der Waals surface area contributed by atoms with Crippen molar-refractivity contribution in [1.29, 1.82) is 0 Å². The molecular weight excluding hydrogens is 250 g/mol. The van der Waals surface area contributed by atoms with Crippen LogP contribution < -0.4 is 5.32 Å². The van der Waals surface area contributed by atoms with Crippen LogP contribution in [0.5, 0.6) is 0 Å². The summed E-state index contributed by atoms with van der Waals surface area (Å²) >= 11 is 0. The fraction of sp³-hybridized carbons (Fsp3) is 0.375. The Morgan fingerprint density at radius 1 is 1.40 bits per heavy atom. The van der Waals surface area contributed by atoms with Gasteiger partial charge in [-0.15, -0.1) is 0 Å². The maximum Gasteiger partial charge on any atom is 0.224 e. The number of imidazole rings is 1. The summed E-state index contributed by atoms with van der Waals surface area (Å²) in [7, 11) is 0. The Labute approximate surface area is 118 Å². The maximum atomic E-state index is 12.4. The van der Waals surface area contributed by atoms with E-state index in [1.807, 2.05) is 49.8 Å². The van der Waals surface area contributed by atoms with Gasteiger partial charge in [-0.05, 0) is 18.9 Å². The topological polar surface area (TPSA) is 46.9 Å². The number of nitrogens with zero attached hydrogens (tertiary/aromatic N) is 2. The highest BCUT2D eigenvalue weighted by molar-refractivity contribution is 5.79. The van der Waals surface area contributed by atoms with Crippen LogP contribution in [0, 0.1) is 5.92 Å². The molecule has 0 bridgehead atoms. The zero-order chi connectivity index (χ0) is 13.9. The van der Waals surface area contributed by atoms with Crippen LogP contribution in [0.25, 0.3) is 0 Å². The molecule has 1 amide bonds. The van der Waals surface area contributed by atoms with E-state index >= 15 is 0 Å². The SMILES string of the molecule is CC(NC(=O)C1CCn2cncc2C1)c1ccccc1. The maximum absolute atomic E-state index is 12.4. The van der Waals surface area contributed by atoms with Gasteiger partial charge >= 0.3 is 0 Å². The van der Waals surface area contributed by atoms with E-state index in [1.54, 1.807) is 0 Å². The van der Waals surface area contributed by atoms with Gasteiger partial charge in [-0.3, -0.25) is 4.79 Å². The zero-order valence-electron chi connectivity index (χ0n) is 11.6. The van der Waals surface area contributed by atoms with Gasteiger partial charge in [0.05, 0.1) is 12.4 Å². The van der Waals surface area contributed by atoms with Crippen molar-refractivity contribution < 1.29 is 4.79 Å². The smallest absolute Gasteiger partial charge is 0.224 e. The highest BCUT2D eigenvalue weighted by Gasteiger charge is 2.25. The highest BCUT2D eigenvalue weighted by Crippen LogP contribution is 2.21. The first-order valence-electron chi connectivity index (χ1n) is 7.08. The van der Waals surface area contributed by atoms with E-state index in [-0.39, 0.29) is 17.9 Å². The quantitative estimate of drug-likeness (QED) is 0.929. The number of aromatic nitrogens is 2. The van der Waals surface area contributed by atoms with Crippen LogP contribution >= 0.6 is 0 Å². The van der Waals surface area contributed by atoms with Gasteiger partial charge in [-0.2, -0.15) is 0 Å². The van der Waals surface area contributed by atoms with Crippen molar-refractivity contribution in [3.63, 3.8) is 0 Å². The first-order chi connectivity index (χ1) is 9.74. The van der Waals surface area contributed by atoms with Gasteiger partial charge in [0, 0.05) is 30.8 Å². The van der Waals surface area contributed by atoms with E-state index in [4.69, 9.17) is 0 Å². The van der Waals surface area contributed by atoms with Crippen molar-refractivity contribution in [2.75, 3.05) is 0 Å². The van der Waals surface area contributed by atoms with E-state index in [1.165, 1.54) is 0 Å². The third kappa shape index (κ3) is 2.59. The van der Waals surface area contributed by atoms with Crippen molar-refractivity contribution in [1.82, 2.24) is 14.9 Å². The molecular formula is C16H19N3O. The molecule has 0 aliphatic carbocycles. The molecule has 2 heterocycles. The summed E-state index contributed by atoms with van der Waals surface area (Å²) in [5, 5.41) is 3.12. The Balaban J connectivity index is 1.63. The van der Waals surface area contributed by atoms with Gasteiger partial charge in [0.25, 0.3) is 0 Å². The Bertz CT molecular complexity index is 591. The summed E-state index contributed by atoms with van der Waals surface area (Å²) in [6.45, 7) is 2.91. The molecule has 4 nitrogen and oxygen atoms in total. The molecule has 4 heteroatoms. The number of carbonyl (C=O) groups is 1. The Morgan fingerprint density at radius 3 is 3.00 bits per heavy atom. The summed E-state index contributed by atoms with van der Waals surface area (Å²) < 4.78 is 2.13. The molecule has 1 aromatic carbocycles. The average molecular weight is 269 g/mol. The predicted octanol–water partition coefficient (Wildman–Crippen LogP) is 2.32. The predicted molar refractivity (Wildman–Crippen MR) is 77.0 cm³/mol. The monoisotopic (exact) mass is 269 g/mol. The molecule has 2 aromatic rings. The third-order valence-corrected chi connectivity index (χ3v) is 4.00. The van der Waals surface area contributed by atoms with Crippen molar-refractivity contribution in [2.24, 2.45) is 5.92 Å². The largest absolute Gasteiger partial charge is 0.349 e. The Kier molecular flexibility index (Phi) is 3.54. The van der Waals surface area contributed by atoms with Crippen LogP contribution in [0.4, 0.5) is 0 Å². The number of amides is 1. The fourth-order valence-corrected chi connectivity index (χ4v) is 2.75. The minimum atomic E-state index is 0.0514. The fourth-order valence-electron chi connectivity index (χ4n) is 2.75. The zero-order valence-corrected chi connectivity index (χ0v) is 11.6. The Hall–Kier alpha value is -2.10. The summed E-state index contributed by atoms with van der Waals surface area (Å²) in [5.41, 5.74) is 2.30. The first-order valence-corrected chi connectivity index (χ1v) is 7.08. The number of carbonyl (C=O) groups excluding carboxylic acids is 1. The van der Waals surface area contributed by atoms with Gasteiger partial charge in [0.2, 0.25) is 5.91 Å². The standard InChI is InChI=1S/C16H19N3O/c1-12(13-5-3-2-4-6-13)18-16(20)14-7-8-19-11-17-10-15(19)9-14/h2-6,10-12,14H,7-9H2,1H3,(H,18,20). The Morgan fingerprint density at radius 2 is 2.20 bits per heavy atom. The second-order valence-corrected chi connectivity index (χ2v) is 5.41. The minimum Gasteiger partial charge on any atom is -0.349 e. The molecule has 1 N–H and O–H groups in total.